The van der Waals surface area contributed by atoms with Gasteiger partial charge in [0.15, 0.2) is 11.0 Å². The van der Waals surface area contributed by atoms with E-state index in [9.17, 15) is 18.4 Å². The first-order valence-corrected chi connectivity index (χ1v) is 12.8. The molecule has 38 heavy (non-hydrogen) atoms. The number of hydrogen-bond acceptors (Lipinski definition) is 6. The van der Waals surface area contributed by atoms with Crippen LogP contribution in [0, 0.1) is 11.6 Å². The predicted octanol–water partition coefficient (Wildman–Crippen LogP) is 5.26. The molecule has 1 heterocycles. The zero-order chi connectivity index (χ0) is 27.1. The second-order valence-electron chi connectivity index (χ2n) is 7.78. The van der Waals surface area contributed by atoms with E-state index in [1.54, 1.807) is 28.8 Å². The molecule has 0 fully saturated rings. The molecule has 2 N–H and O–H groups in total. The molecule has 0 aliphatic carbocycles. The Bertz CT molecular complexity index is 1410. The second kappa shape index (κ2) is 12.5. The summed E-state index contributed by atoms with van der Waals surface area (Å²) in [6.07, 6.45) is 0. The number of halogens is 3. The van der Waals surface area contributed by atoms with Gasteiger partial charge >= 0.3 is 0 Å². The van der Waals surface area contributed by atoms with Crippen molar-refractivity contribution in [3.63, 3.8) is 0 Å². The van der Waals surface area contributed by atoms with Crippen LogP contribution in [0.25, 0.3) is 5.69 Å². The molecule has 0 bridgehead atoms. The molecule has 12 heteroatoms. The van der Waals surface area contributed by atoms with Crippen molar-refractivity contribution < 1.29 is 23.1 Å². The van der Waals surface area contributed by atoms with Gasteiger partial charge in [-0.3, -0.25) is 14.2 Å². The first kappa shape index (κ1) is 27.1. The van der Waals surface area contributed by atoms with Crippen LogP contribution < -0.4 is 15.4 Å². The van der Waals surface area contributed by atoms with E-state index in [-0.39, 0.29) is 28.8 Å². The average molecular weight is 558 g/mol. The van der Waals surface area contributed by atoms with Gasteiger partial charge in [-0.15, -0.1) is 10.2 Å². The van der Waals surface area contributed by atoms with Crippen molar-refractivity contribution >= 4 is 40.9 Å². The lowest BCUT2D eigenvalue weighted by atomic mass is 10.2. The lowest BCUT2D eigenvalue weighted by Gasteiger charge is -2.12. The number of benzene rings is 3. The summed E-state index contributed by atoms with van der Waals surface area (Å²) in [6.45, 7) is 2.29. The van der Waals surface area contributed by atoms with Crippen LogP contribution in [-0.2, 0) is 11.3 Å². The van der Waals surface area contributed by atoms with Crippen LogP contribution in [-0.4, -0.2) is 38.9 Å². The Hall–Kier alpha value is -3.96. The van der Waals surface area contributed by atoms with Crippen LogP contribution >= 0.6 is 23.4 Å². The van der Waals surface area contributed by atoms with Gasteiger partial charge in [0.2, 0.25) is 5.91 Å². The van der Waals surface area contributed by atoms with E-state index in [2.05, 4.69) is 20.8 Å². The first-order valence-electron chi connectivity index (χ1n) is 11.4. The lowest BCUT2D eigenvalue weighted by Crippen LogP contribution is -2.26. The summed E-state index contributed by atoms with van der Waals surface area (Å²) >= 11 is 7.13. The van der Waals surface area contributed by atoms with Gasteiger partial charge in [-0.25, -0.2) is 8.78 Å². The van der Waals surface area contributed by atoms with E-state index in [1.807, 2.05) is 6.92 Å². The maximum absolute atomic E-state index is 14.2. The zero-order valence-electron chi connectivity index (χ0n) is 20.1. The highest BCUT2D eigenvalue weighted by atomic mass is 35.5. The number of amides is 2. The van der Waals surface area contributed by atoms with Crippen molar-refractivity contribution in [2.75, 3.05) is 17.7 Å². The van der Waals surface area contributed by atoms with Crippen molar-refractivity contribution in [3.8, 4) is 11.4 Å². The molecule has 0 aliphatic rings. The highest BCUT2D eigenvalue weighted by Crippen LogP contribution is 2.25. The number of nitrogens with one attached hydrogen (secondary N) is 2. The molecule has 196 valence electrons. The van der Waals surface area contributed by atoms with Gasteiger partial charge in [-0.05, 0) is 67.6 Å². The summed E-state index contributed by atoms with van der Waals surface area (Å²) in [5.74, 6) is -1.18. The number of ether oxygens (including phenoxy) is 1. The number of carbonyl (C=O) groups is 2. The fourth-order valence-corrected chi connectivity index (χ4v) is 4.47. The molecule has 3 aromatic carbocycles. The van der Waals surface area contributed by atoms with Gasteiger partial charge in [-0.1, -0.05) is 29.4 Å². The van der Waals surface area contributed by atoms with Crippen molar-refractivity contribution in [2.45, 2.75) is 18.6 Å². The topological polar surface area (TPSA) is 98.1 Å². The third kappa shape index (κ3) is 6.67. The number of anilines is 1. The number of hydrogen-bond donors (Lipinski definition) is 2. The molecule has 0 saturated heterocycles. The maximum atomic E-state index is 14.2. The predicted molar refractivity (Wildman–Crippen MR) is 141 cm³/mol. The Kier molecular flexibility index (Phi) is 8.93. The molecule has 0 atom stereocenters. The van der Waals surface area contributed by atoms with Gasteiger partial charge < -0.3 is 15.4 Å². The summed E-state index contributed by atoms with van der Waals surface area (Å²) < 4.78 is 34.5. The SMILES string of the molecule is CCOc1ccc(-n2c(CNC(=O)c3c(F)cccc3Cl)nnc2SCC(=O)Nc2ccc(F)cc2)cc1. The van der Waals surface area contributed by atoms with E-state index in [1.165, 1.54) is 36.4 Å². The summed E-state index contributed by atoms with van der Waals surface area (Å²) in [6, 6.07) is 16.5. The summed E-state index contributed by atoms with van der Waals surface area (Å²) in [7, 11) is 0. The van der Waals surface area contributed by atoms with E-state index < -0.39 is 17.5 Å². The third-order valence-corrected chi connectivity index (χ3v) is 6.41. The van der Waals surface area contributed by atoms with Crippen LogP contribution in [0.5, 0.6) is 5.75 Å². The van der Waals surface area contributed by atoms with Gasteiger partial charge in [0.1, 0.15) is 17.4 Å². The van der Waals surface area contributed by atoms with E-state index in [0.717, 1.165) is 17.8 Å². The quantitative estimate of drug-likeness (QED) is 0.258. The van der Waals surface area contributed by atoms with E-state index in [0.29, 0.717) is 34.7 Å². The number of carbonyl (C=O) groups excluding carboxylic acids is 2. The van der Waals surface area contributed by atoms with E-state index in [4.69, 9.17) is 16.3 Å². The molecule has 0 radical (unpaired) electrons. The molecule has 0 unspecified atom stereocenters. The van der Waals surface area contributed by atoms with E-state index >= 15 is 0 Å². The molecular weight excluding hydrogens is 536 g/mol. The van der Waals surface area contributed by atoms with Crippen LogP contribution in [0.4, 0.5) is 14.5 Å². The van der Waals surface area contributed by atoms with Crippen molar-refractivity contribution in [2.24, 2.45) is 0 Å². The molecule has 4 rings (SSSR count). The Morgan fingerprint density at radius 2 is 1.76 bits per heavy atom. The Morgan fingerprint density at radius 1 is 1.03 bits per heavy atom. The molecule has 0 spiro atoms. The molecule has 8 nitrogen and oxygen atoms in total. The van der Waals surface area contributed by atoms with Gasteiger partial charge in [-0.2, -0.15) is 0 Å². The molecule has 2 amide bonds. The number of nitrogens with zero attached hydrogens (tertiary/aromatic N) is 3. The highest BCUT2D eigenvalue weighted by Gasteiger charge is 2.20. The van der Waals surface area contributed by atoms with Crippen molar-refractivity contribution in [1.29, 1.82) is 0 Å². The zero-order valence-corrected chi connectivity index (χ0v) is 21.7. The minimum Gasteiger partial charge on any atom is -0.494 e. The summed E-state index contributed by atoms with van der Waals surface area (Å²) in [4.78, 5) is 25.1. The van der Waals surface area contributed by atoms with Gasteiger partial charge in [0.25, 0.3) is 5.91 Å². The normalized spacial score (nSPS) is 10.7. The third-order valence-electron chi connectivity index (χ3n) is 5.16. The number of aromatic nitrogens is 3. The number of thioether (sulfide) groups is 1. The Morgan fingerprint density at radius 3 is 2.45 bits per heavy atom. The smallest absolute Gasteiger partial charge is 0.256 e. The summed E-state index contributed by atoms with van der Waals surface area (Å²) in [5.41, 5.74) is 0.849. The molecule has 0 saturated carbocycles. The fraction of sp³-hybridized carbons (Fsp3) is 0.154. The van der Waals surface area contributed by atoms with Crippen molar-refractivity contribution in [1.82, 2.24) is 20.1 Å². The second-order valence-corrected chi connectivity index (χ2v) is 9.13. The largest absolute Gasteiger partial charge is 0.494 e. The van der Waals surface area contributed by atoms with Crippen LogP contribution in [0.3, 0.4) is 0 Å². The van der Waals surface area contributed by atoms with Crippen LogP contribution in [0.2, 0.25) is 5.02 Å². The minimum absolute atomic E-state index is 0.0102. The number of rotatable bonds is 10. The monoisotopic (exact) mass is 557 g/mol. The highest BCUT2D eigenvalue weighted by molar-refractivity contribution is 7.99. The fourth-order valence-electron chi connectivity index (χ4n) is 3.45. The maximum Gasteiger partial charge on any atom is 0.256 e. The molecule has 1 aromatic heterocycles. The molecule has 0 aliphatic heterocycles. The van der Waals surface area contributed by atoms with Crippen molar-refractivity contribution in [3.05, 3.63) is 94.8 Å². The standard InChI is InChI=1S/C26H22ClF2N5O3S/c1-2-37-19-12-10-18(11-13-19)34-22(14-30-25(36)24-20(27)4-3-5-21(24)29)32-33-26(34)38-15-23(35)31-17-8-6-16(28)7-9-17/h3-13H,2,14-15H2,1H3,(H,30,36)(H,31,35). The molecular formula is C26H22ClF2N5O3S. The Labute approximate surface area is 226 Å². The molecule has 4 aromatic rings. The van der Waals surface area contributed by atoms with Gasteiger partial charge in [0.05, 0.1) is 29.5 Å². The van der Waals surface area contributed by atoms with Crippen LogP contribution in [0.1, 0.15) is 23.1 Å². The summed E-state index contributed by atoms with van der Waals surface area (Å²) in [5, 5.41) is 14.1. The van der Waals surface area contributed by atoms with Gasteiger partial charge in [0, 0.05) is 11.4 Å². The minimum atomic E-state index is -0.744. The van der Waals surface area contributed by atoms with Crippen LogP contribution in [0.15, 0.2) is 71.9 Å². The Balaban J connectivity index is 1.53. The first-order chi connectivity index (χ1) is 18.4. The average Bonchev–Trinajstić information content (AvgIpc) is 3.31. The lowest BCUT2D eigenvalue weighted by molar-refractivity contribution is -0.113.